The molecule has 0 aromatic rings. The van der Waals surface area contributed by atoms with Gasteiger partial charge in [0.15, 0.2) is 0 Å². The molecule has 0 aromatic carbocycles. The van der Waals surface area contributed by atoms with Crippen LogP contribution in [0, 0.1) is 11.8 Å². The molecule has 3 atom stereocenters. The highest BCUT2D eigenvalue weighted by molar-refractivity contribution is 4.84. The van der Waals surface area contributed by atoms with Crippen molar-refractivity contribution in [2.75, 3.05) is 13.1 Å². The average Bonchev–Trinajstić information content (AvgIpc) is 2.91. The zero-order chi connectivity index (χ0) is 13.0. The van der Waals surface area contributed by atoms with Crippen molar-refractivity contribution in [1.29, 1.82) is 0 Å². The quantitative estimate of drug-likeness (QED) is 0.811. The molecule has 0 aliphatic heterocycles. The highest BCUT2D eigenvalue weighted by Gasteiger charge is 2.31. The Morgan fingerprint density at radius 2 is 1.78 bits per heavy atom. The lowest BCUT2D eigenvalue weighted by Gasteiger charge is -2.38. The summed E-state index contributed by atoms with van der Waals surface area (Å²) in [6, 6.07) is 0.809. The molecule has 2 heteroatoms. The van der Waals surface area contributed by atoms with Gasteiger partial charge in [0.25, 0.3) is 0 Å². The summed E-state index contributed by atoms with van der Waals surface area (Å²) in [5, 5.41) is 10.2. The monoisotopic (exact) mass is 253 g/mol. The highest BCUT2D eigenvalue weighted by atomic mass is 16.3. The number of hydrogen-bond acceptors (Lipinski definition) is 2. The summed E-state index contributed by atoms with van der Waals surface area (Å²) in [4.78, 5) is 2.65. The molecule has 2 aliphatic carbocycles. The smallest absolute Gasteiger partial charge is 0.0580 e. The molecule has 0 amide bonds. The van der Waals surface area contributed by atoms with E-state index in [2.05, 4.69) is 18.7 Å². The van der Waals surface area contributed by atoms with Crippen molar-refractivity contribution in [1.82, 2.24) is 4.90 Å². The van der Waals surface area contributed by atoms with E-state index in [1.807, 2.05) is 0 Å². The Labute approximate surface area is 113 Å². The molecule has 2 saturated carbocycles. The van der Waals surface area contributed by atoms with Gasteiger partial charge in [0.1, 0.15) is 0 Å². The van der Waals surface area contributed by atoms with Crippen LogP contribution in [-0.2, 0) is 0 Å². The lowest BCUT2D eigenvalue weighted by Crippen LogP contribution is -2.42. The van der Waals surface area contributed by atoms with Gasteiger partial charge in [-0.3, -0.25) is 0 Å². The number of nitrogens with zero attached hydrogens (tertiary/aromatic N) is 1. The second kappa shape index (κ2) is 6.91. The van der Waals surface area contributed by atoms with Crippen molar-refractivity contribution in [2.45, 2.75) is 77.4 Å². The summed E-state index contributed by atoms with van der Waals surface area (Å²) >= 11 is 0. The lowest BCUT2D eigenvalue weighted by atomic mass is 9.78. The van der Waals surface area contributed by atoms with Gasteiger partial charge in [-0.25, -0.2) is 0 Å². The van der Waals surface area contributed by atoms with Crippen LogP contribution in [0.25, 0.3) is 0 Å². The van der Waals surface area contributed by atoms with Gasteiger partial charge in [-0.05, 0) is 50.5 Å². The van der Waals surface area contributed by atoms with Crippen molar-refractivity contribution < 1.29 is 5.11 Å². The Morgan fingerprint density at radius 3 is 2.39 bits per heavy atom. The van der Waals surface area contributed by atoms with Crippen LogP contribution in [0.4, 0.5) is 0 Å². The van der Waals surface area contributed by atoms with Crippen LogP contribution in [0.15, 0.2) is 0 Å². The molecule has 0 bridgehead atoms. The van der Waals surface area contributed by atoms with E-state index in [-0.39, 0.29) is 6.10 Å². The molecule has 0 saturated heterocycles. The van der Waals surface area contributed by atoms with E-state index in [0.29, 0.717) is 5.92 Å². The van der Waals surface area contributed by atoms with Crippen molar-refractivity contribution in [3.05, 3.63) is 0 Å². The summed E-state index contributed by atoms with van der Waals surface area (Å²) in [5.74, 6) is 1.39. The normalized spacial score (nSPS) is 34.3. The minimum atomic E-state index is -0.0387. The first-order valence-electron chi connectivity index (χ1n) is 8.16. The van der Waals surface area contributed by atoms with Crippen LogP contribution in [0.3, 0.4) is 0 Å². The predicted molar refractivity (Wildman–Crippen MR) is 76.6 cm³/mol. The Kier molecular flexibility index (Phi) is 5.50. The Bertz CT molecular complexity index is 237. The topological polar surface area (TPSA) is 23.5 Å². The van der Waals surface area contributed by atoms with E-state index in [9.17, 15) is 5.11 Å². The lowest BCUT2D eigenvalue weighted by molar-refractivity contribution is 0.0197. The fourth-order valence-corrected chi connectivity index (χ4v) is 4.02. The molecule has 2 aliphatic rings. The molecule has 0 radical (unpaired) electrons. The first kappa shape index (κ1) is 14.3. The van der Waals surface area contributed by atoms with Crippen LogP contribution in [0.5, 0.6) is 0 Å². The first-order chi connectivity index (χ1) is 8.74. The van der Waals surface area contributed by atoms with Gasteiger partial charge in [0, 0.05) is 12.6 Å². The van der Waals surface area contributed by atoms with E-state index in [4.69, 9.17) is 0 Å². The number of rotatable bonds is 5. The Balaban J connectivity index is 1.88. The van der Waals surface area contributed by atoms with Crippen LogP contribution in [-0.4, -0.2) is 35.2 Å². The third-order valence-electron chi connectivity index (χ3n) is 5.34. The first-order valence-corrected chi connectivity index (χ1v) is 8.16. The van der Waals surface area contributed by atoms with Gasteiger partial charge in [-0.15, -0.1) is 0 Å². The molecular weight excluding hydrogens is 222 g/mol. The van der Waals surface area contributed by atoms with Gasteiger partial charge < -0.3 is 10.0 Å². The molecular formula is C16H31NO. The molecule has 2 nitrogen and oxygen atoms in total. The van der Waals surface area contributed by atoms with E-state index >= 15 is 0 Å². The van der Waals surface area contributed by atoms with E-state index in [0.717, 1.165) is 31.5 Å². The minimum absolute atomic E-state index is 0.0387. The highest BCUT2D eigenvalue weighted by Crippen LogP contribution is 2.33. The zero-order valence-corrected chi connectivity index (χ0v) is 12.3. The SMILES string of the molecule is CCC1CCC(O)C(CN(CC)C2CCCC2)C1. The fraction of sp³-hybridized carbons (Fsp3) is 1.00. The van der Waals surface area contributed by atoms with Gasteiger partial charge in [0.05, 0.1) is 6.10 Å². The van der Waals surface area contributed by atoms with Crippen LogP contribution >= 0.6 is 0 Å². The number of hydrogen-bond donors (Lipinski definition) is 1. The minimum Gasteiger partial charge on any atom is -0.393 e. The van der Waals surface area contributed by atoms with Crippen molar-refractivity contribution >= 4 is 0 Å². The summed E-state index contributed by atoms with van der Waals surface area (Å²) in [6.07, 6.45) is 10.4. The van der Waals surface area contributed by atoms with Crippen LogP contribution < -0.4 is 0 Å². The van der Waals surface area contributed by atoms with E-state index in [1.54, 1.807) is 0 Å². The number of aliphatic hydroxyl groups is 1. The molecule has 2 fully saturated rings. The predicted octanol–water partition coefficient (Wildman–Crippen LogP) is 3.44. The van der Waals surface area contributed by atoms with Crippen LogP contribution in [0.1, 0.15) is 65.2 Å². The largest absolute Gasteiger partial charge is 0.393 e. The maximum Gasteiger partial charge on any atom is 0.0580 e. The van der Waals surface area contributed by atoms with Crippen LogP contribution in [0.2, 0.25) is 0 Å². The molecule has 2 rings (SSSR count). The second-order valence-corrected chi connectivity index (χ2v) is 6.44. The molecule has 0 heterocycles. The maximum atomic E-state index is 10.2. The molecule has 3 unspecified atom stereocenters. The third kappa shape index (κ3) is 3.48. The van der Waals surface area contributed by atoms with Crippen molar-refractivity contribution in [3.8, 4) is 0 Å². The molecule has 1 N–H and O–H groups in total. The average molecular weight is 253 g/mol. The molecule has 106 valence electrons. The van der Waals surface area contributed by atoms with Gasteiger partial charge in [0.2, 0.25) is 0 Å². The fourth-order valence-electron chi connectivity index (χ4n) is 4.02. The molecule has 18 heavy (non-hydrogen) atoms. The maximum absolute atomic E-state index is 10.2. The zero-order valence-electron chi connectivity index (χ0n) is 12.3. The third-order valence-corrected chi connectivity index (χ3v) is 5.34. The second-order valence-electron chi connectivity index (χ2n) is 6.44. The summed E-state index contributed by atoms with van der Waals surface area (Å²) < 4.78 is 0. The molecule has 0 spiro atoms. The molecule has 0 aromatic heterocycles. The van der Waals surface area contributed by atoms with Gasteiger partial charge in [-0.2, -0.15) is 0 Å². The van der Waals surface area contributed by atoms with Crippen molar-refractivity contribution in [3.63, 3.8) is 0 Å². The summed E-state index contributed by atoms with van der Waals surface area (Å²) in [7, 11) is 0. The van der Waals surface area contributed by atoms with E-state index < -0.39 is 0 Å². The summed E-state index contributed by atoms with van der Waals surface area (Å²) in [5.41, 5.74) is 0. The standard InChI is InChI=1S/C16H31NO/c1-3-13-9-10-16(18)14(11-13)12-17(4-2)15-7-5-6-8-15/h13-16,18H,3-12H2,1-2H3. The summed E-state index contributed by atoms with van der Waals surface area (Å²) in [6.45, 7) is 6.88. The number of aliphatic hydroxyl groups excluding tert-OH is 1. The van der Waals surface area contributed by atoms with Gasteiger partial charge in [-0.1, -0.05) is 33.1 Å². The Hall–Kier alpha value is -0.0800. The van der Waals surface area contributed by atoms with Crippen molar-refractivity contribution in [2.24, 2.45) is 11.8 Å². The van der Waals surface area contributed by atoms with E-state index in [1.165, 1.54) is 44.9 Å². The Morgan fingerprint density at radius 1 is 1.06 bits per heavy atom. The van der Waals surface area contributed by atoms with Gasteiger partial charge >= 0.3 is 0 Å².